The molecule has 0 aliphatic heterocycles. The lowest BCUT2D eigenvalue weighted by Gasteiger charge is -2.12. The minimum atomic E-state index is 0.567. The molecule has 2 N–H and O–H groups in total. The fourth-order valence-electron chi connectivity index (χ4n) is 2.30. The van der Waals surface area contributed by atoms with Crippen molar-refractivity contribution in [3.8, 4) is 16.6 Å². The largest absolute Gasteiger partial charge is 0.384 e. The van der Waals surface area contributed by atoms with Crippen LogP contribution in [0.5, 0.6) is 0 Å². The molecule has 0 atom stereocenters. The van der Waals surface area contributed by atoms with Gasteiger partial charge in [-0.05, 0) is 25.1 Å². The van der Waals surface area contributed by atoms with E-state index in [0.717, 1.165) is 33.5 Å². The minimum absolute atomic E-state index is 0.567. The van der Waals surface area contributed by atoms with E-state index in [1.807, 2.05) is 55.5 Å². The Labute approximate surface area is 145 Å². The van der Waals surface area contributed by atoms with Gasteiger partial charge in [-0.2, -0.15) is 5.26 Å². The Balaban J connectivity index is 1.74. The Morgan fingerprint density at radius 3 is 2.62 bits per heavy atom. The average Bonchev–Trinajstić information content (AvgIpc) is 3.11. The van der Waals surface area contributed by atoms with Crippen molar-refractivity contribution in [2.24, 2.45) is 0 Å². The van der Waals surface area contributed by atoms with E-state index >= 15 is 0 Å². The molecule has 0 saturated heterocycles. The van der Waals surface area contributed by atoms with Crippen LogP contribution in [0.3, 0.4) is 0 Å². The molecule has 1 heterocycles. The fraction of sp³-hybridized carbons (Fsp3) is 0.167. The van der Waals surface area contributed by atoms with Gasteiger partial charge in [-0.1, -0.05) is 41.7 Å². The van der Waals surface area contributed by atoms with Gasteiger partial charge in [0.2, 0.25) is 0 Å². The number of nitriles is 1. The smallest absolute Gasteiger partial charge is 0.147 e. The molecule has 0 aliphatic carbocycles. The molecule has 0 spiro atoms. The van der Waals surface area contributed by atoms with Gasteiger partial charge in [-0.15, -0.1) is 10.2 Å². The lowest BCUT2D eigenvalue weighted by molar-refractivity contribution is 0.992. The first-order valence-corrected chi connectivity index (χ1v) is 8.51. The summed E-state index contributed by atoms with van der Waals surface area (Å²) in [6.07, 6.45) is 0. The molecule has 24 heavy (non-hydrogen) atoms. The maximum Gasteiger partial charge on any atom is 0.147 e. The van der Waals surface area contributed by atoms with E-state index in [4.69, 9.17) is 5.26 Å². The van der Waals surface area contributed by atoms with Crippen molar-refractivity contribution in [2.45, 2.75) is 13.5 Å². The van der Waals surface area contributed by atoms with Gasteiger partial charge in [0.1, 0.15) is 10.0 Å². The van der Waals surface area contributed by atoms with Gasteiger partial charge >= 0.3 is 0 Å². The first kappa shape index (κ1) is 16.0. The van der Waals surface area contributed by atoms with E-state index in [1.165, 1.54) is 0 Å². The van der Waals surface area contributed by atoms with E-state index in [9.17, 15) is 0 Å². The van der Waals surface area contributed by atoms with Crippen LogP contribution >= 0.6 is 11.3 Å². The number of aromatic nitrogens is 2. The zero-order valence-electron chi connectivity index (χ0n) is 13.3. The summed E-state index contributed by atoms with van der Waals surface area (Å²) >= 11 is 1.56. The predicted molar refractivity (Wildman–Crippen MR) is 98.0 cm³/mol. The number of benzene rings is 2. The third kappa shape index (κ3) is 3.70. The molecule has 0 aliphatic rings. The Morgan fingerprint density at radius 1 is 1.04 bits per heavy atom. The SMILES string of the molecule is CCNc1ccc(C#N)cc1NCc1nnc(-c2ccccc2)s1. The summed E-state index contributed by atoms with van der Waals surface area (Å²) in [5.41, 5.74) is 3.57. The minimum Gasteiger partial charge on any atom is -0.384 e. The fourth-order valence-corrected chi connectivity index (χ4v) is 3.08. The zero-order valence-corrected chi connectivity index (χ0v) is 14.1. The van der Waals surface area contributed by atoms with Gasteiger partial charge in [-0.3, -0.25) is 0 Å². The van der Waals surface area contributed by atoms with Gasteiger partial charge in [0.25, 0.3) is 0 Å². The molecule has 120 valence electrons. The molecule has 0 amide bonds. The molecular weight excluding hydrogens is 318 g/mol. The monoisotopic (exact) mass is 335 g/mol. The Bertz CT molecular complexity index is 851. The number of rotatable bonds is 6. The van der Waals surface area contributed by atoms with E-state index < -0.39 is 0 Å². The molecule has 0 bridgehead atoms. The van der Waals surface area contributed by atoms with Crippen molar-refractivity contribution in [2.75, 3.05) is 17.2 Å². The van der Waals surface area contributed by atoms with Crippen LogP contribution in [0.15, 0.2) is 48.5 Å². The molecule has 1 aromatic heterocycles. The van der Waals surface area contributed by atoms with Crippen LogP contribution in [0, 0.1) is 11.3 Å². The molecular formula is C18H17N5S. The topological polar surface area (TPSA) is 73.6 Å². The highest BCUT2D eigenvalue weighted by molar-refractivity contribution is 7.14. The number of nitrogens with one attached hydrogen (secondary N) is 2. The lowest BCUT2D eigenvalue weighted by atomic mass is 10.2. The summed E-state index contributed by atoms with van der Waals surface area (Å²) < 4.78 is 0. The van der Waals surface area contributed by atoms with Crippen molar-refractivity contribution in [1.29, 1.82) is 5.26 Å². The molecule has 0 unspecified atom stereocenters. The van der Waals surface area contributed by atoms with Crippen molar-refractivity contribution in [1.82, 2.24) is 10.2 Å². The number of anilines is 2. The third-order valence-electron chi connectivity index (χ3n) is 3.43. The van der Waals surface area contributed by atoms with Crippen LogP contribution in [0.4, 0.5) is 11.4 Å². The summed E-state index contributed by atoms with van der Waals surface area (Å²) in [6.45, 7) is 3.42. The summed E-state index contributed by atoms with van der Waals surface area (Å²) in [6, 6.07) is 17.8. The van der Waals surface area contributed by atoms with Crippen LogP contribution < -0.4 is 10.6 Å². The first-order valence-electron chi connectivity index (χ1n) is 7.70. The van der Waals surface area contributed by atoms with Crippen LogP contribution in [-0.2, 0) is 6.54 Å². The van der Waals surface area contributed by atoms with Gasteiger partial charge in [0.15, 0.2) is 0 Å². The Kier molecular flexibility index (Phi) is 5.04. The second-order valence-electron chi connectivity index (χ2n) is 5.12. The number of hydrogen-bond donors (Lipinski definition) is 2. The maximum absolute atomic E-state index is 9.08. The molecule has 0 radical (unpaired) electrons. The van der Waals surface area contributed by atoms with E-state index in [0.29, 0.717) is 12.1 Å². The summed E-state index contributed by atoms with van der Waals surface area (Å²) in [5, 5.41) is 26.0. The highest BCUT2D eigenvalue weighted by Crippen LogP contribution is 2.26. The van der Waals surface area contributed by atoms with Crippen LogP contribution in [-0.4, -0.2) is 16.7 Å². The summed E-state index contributed by atoms with van der Waals surface area (Å²) in [4.78, 5) is 0. The molecule has 3 aromatic rings. The standard InChI is InChI=1S/C18H17N5S/c1-2-20-15-9-8-13(11-19)10-16(15)21-12-17-22-23-18(24-17)14-6-4-3-5-7-14/h3-10,20-21H,2,12H2,1H3. The van der Waals surface area contributed by atoms with Crippen LogP contribution in [0.25, 0.3) is 10.6 Å². The average molecular weight is 335 g/mol. The van der Waals surface area contributed by atoms with Gasteiger partial charge in [0, 0.05) is 12.1 Å². The highest BCUT2D eigenvalue weighted by Gasteiger charge is 2.08. The van der Waals surface area contributed by atoms with Crippen molar-refractivity contribution >= 4 is 22.7 Å². The first-order chi connectivity index (χ1) is 11.8. The maximum atomic E-state index is 9.08. The molecule has 5 nitrogen and oxygen atoms in total. The van der Waals surface area contributed by atoms with Gasteiger partial charge in [0.05, 0.1) is 29.6 Å². The van der Waals surface area contributed by atoms with E-state index in [1.54, 1.807) is 11.3 Å². The van der Waals surface area contributed by atoms with E-state index in [-0.39, 0.29) is 0 Å². The van der Waals surface area contributed by atoms with Gasteiger partial charge < -0.3 is 10.6 Å². The number of hydrogen-bond acceptors (Lipinski definition) is 6. The third-order valence-corrected chi connectivity index (χ3v) is 4.41. The van der Waals surface area contributed by atoms with Gasteiger partial charge in [-0.25, -0.2) is 0 Å². The summed E-state index contributed by atoms with van der Waals surface area (Å²) in [7, 11) is 0. The zero-order chi connectivity index (χ0) is 16.8. The predicted octanol–water partition coefficient (Wildman–Crippen LogP) is 4.12. The Morgan fingerprint density at radius 2 is 1.88 bits per heavy atom. The van der Waals surface area contributed by atoms with Crippen molar-refractivity contribution in [3.63, 3.8) is 0 Å². The molecule has 2 aromatic carbocycles. The summed E-state index contributed by atoms with van der Waals surface area (Å²) in [5.74, 6) is 0. The van der Waals surface area contributed by atoms with Crippen molar-refractivity contribution < 1.29 is 0 Å². The quantitative estimate of drug-likeness (QED) is 0.709. The molecule has 0 saturated carbocycles. The molecule has 3 rings (SSSR count). The second kappa shape index (κ2) is 7.57. The van der Waals surface area contributed by atoms with Crippen LogP contribution in [0.2, 0.25) is 0 Å². The molecule has 6 heteroatoms. The van der Waals surface area contributed by atoms with Crippen molar-refractivity contribution in [3.05, 3.63) is 59.1 Å². The second-order valence-corrected chi connectivity index (χ2v) is 6.19. The number of nitrogens with zero attached hydrogens (tertiary/aromatic N) is 3. The lowest BCUT2D eigenvalue weighted by Crippen LogP contribution is -2.05. The highest BCUT2D eigenvalue weighted by atomic mass is 32.1. The van der Waals surface area contributed by atoms with E-state index in [2.05, 4.69) is 26.9 Å². The normalized spacial score (nSPS) is 10.2. The molecule has 0 fully saturated rings. The van der Waals surface area contributed by atoms with Crippen LogP contribution in [0.1, 0.15) is 17.5 Å². The Hall–Kier alpha value is -2.91.